The lowest BCUT2D eigenvalue weighted by Crippen LogP contribution is -2.31. The molecule has 0 aliphatic carbocycles. The third-order valence-electron chi connectivity index (χ3n) is 5.44. The normalized spacial score (nSPS) is 12.6. The van der Waals surface area contributed by atoms with Crippen molar-refractivity contribution in [3.63, 3.8) is 0 Å². The molecule has 30 heavy (non-hydrogen) atoms. The number of rotatable bonds is 9. The van der Waals surface area contributed by atoms with Gasteiger partial charge in [-0.1, -0.05) is 24.3 Å². The van der Waals surface area contributed by atoms with Crippen LogP contribution in [0.2, 0.25) is 0 Å². The average Bonchev–Trinajstić information content (AvgIpc) is 3.43. The molecule has 0 spiro atoms. The van der Waals surface area contributed by atoms with E-state index in [1.807, 2.05) is 48.4 Å². The number of anilines is 2. The molecule has 6 heteroatoms. The Bertz CT molecular complexity index is 957. The van der Waals surface area contributed by atoms with Crippen LogP contribution in [0.15, 0.2) is 61.1 Å². The lowest BCUT2D eigenvalue weighted by atomic mass is 10.1. The van der Waals surface area contributed by atoms with Crippen molar-refractivity contribution in [1.82, 2.24) is 9.97 Å². The molecule has 0 bridgehead atoms. The van der Waals surface area contributed by atoms with Crippen LogP contribution in [-0.2, 0) is 17.8 Å². The van der Waals surface area contributed by atoms with E-state index in [9.17, 15) is 4.79 Å². The largest absolute Gasteiger partial charge is 0.494 e. The second kappa shape index (κ2) is 9.48. The van der Waals surface area contributed by atoms with E-state index in [1.54, 1.807) is 6.33 Å². The Morgan fingerprint density at radius 2 is 2.10 bits per heavy atom. The second-order valence-corrected chi connectivity index (χ2v) is 7.45. The Morgan fingerprint density at radius 3 is 2.87 bits per heavy atom. The molecule has 0 radical (unpaired) electrons. The van der Waals surface area contributed by atoms with Gasteiger partial charge in [-0.05, 0) is 49.6 Å². The average molecular weight is 405 g/mol. The number of ether oxygens (including phenoxy) is 1. The number of hydrogen-bond donors (Lipinski definition) is 1. The van der Waals surface area contributed by atoms with E-state index in [0.717, 1.165) is 36.6 Å². The fourth-order valence-corrected chi connectivity index (χ4v) is 3.91. The molecule has 6 nitrogen and oxygen atoms in total. The van der Waals surface area contributed by atoms with E-state index in [1.165, 1.54) is 11.3 Å². The number of aromatic nitrogens is 2. The molecule has 156 valence electrons. The predicted octanol–water partition coefficient (Wildman–Crippen LogP) is 4.18. The summed E-state index contributed by atoms with van der Waals surface area (Å²) in [5.41, 5.74) is 4.51. The maximum atomic E-state index is 12.9. The summed E-state index contributed by atoms with van der Waals surface area (Å²) in [5.74, 6) is 0.971. The van der Waals surface area contributed by atoms with Gasteiger partial charge in [0.1, 0.15) is 5.75 Å². The van der Waals surface area contributed by atoms with Crippen molar-refractivity contribution in [3.8, 4) is 5.75 Å². The van der Waals surface area contributed by atoms with Gasteiger partial charge in [-0.25, -0.2) is 4.98 Å². The highest BCUT2D eigenvalue weighted by atomic mass is 16.5. The van der Waals surface area contributed by atoms with Crippen LogP contribution in [0.1, 0.15) is 31.0 Å². The summed E-state index contributed by atoms with van der Waals surface area (Å²) in [7, 11) is 0. The van der Waals surface area contributed by atoms with Crippen molar-refractivity contribution >= 4 is 17.3 Å². The summed E-state index contributed by atoms with van der Waals surface area (Å²) in [6.07, 6.45) is 5.83. The molecule has 0 saturated heterocycles. The summed E-state index contributed by atoms with van der Waals surface area (Å²) >= 11 is 0. The standard InChI is InChI=1S/C24H28N4O2/c1-2-28(24(29)9-6-14-30-22-7-4-3-5-8-22)21-11-10-19-12-13-27(23(19)15-21)17-20-16-25-18-26-20/h3-5,7-8,10-11,15-16,18H,2,6,9,12-14,17H2,1H3,(H,25,26). The van der Waals surface area contributed by atoms with Crippen LogP contribution in [-0.4, -0.2) is 35.6 Å². The number of nitrogens with one attached hydrogen (secondary N) is 1. The van der Waals surface area contributed by atoms with Gasteiger partial charge in [0.25, 0.3) is 0 Å². The van der Waals surface area contributed by atoms with E-state index in [-0.39, 0.29) is 5.91 Å². The Kier molecular flexibility index (Phi) is 6.32. The number of carbonyl (C=O) groups is 1. The van der Waals surface area contributed by atoms with Crippen LogP contribution in [0.4, 0.5) is 11.4 Å². The monoisotopic (exact) mass is 404 g/mol. The van der Waals surface area contributed by atoms with Crippen molar-refractivity contribution in [2.24, 2.45) is 0 Å². The van der Waals surface area contributed by atoms with E-state index < -0.39 is 0 Å². The van der Waals surface area contributed by atoms with Gasteiger partial charge in [-0.2, -0.15) is 0 Å². The molecular formula is C24H28N4O2. The molecule has 0 fully saturated rings. The van der Waals surface area contributed by atoms with Crippen molar-refractivity contribution < 1.29 is 9.53 Å². The summed E-state index contributed by atoms with van der Waals surface area (Å²) in [4.78, 5) is 24.4. The van der Waals surface area contributed by atoms with Gasteiger partial charge in [0.2, 0.25) is 5.91 Å². The van der Waals surface area contributed by atoms with Crippen molar-refractivity contribution in [2.75, 3.05) is 29.5 Å². The number of nitrogens with zero attached hydrogens (tertiary/aromatic N) is 3. The highest BCUT2D eigenvalue weighted by Crippen LogP contribution is 2.33. The topological polar surface area (TPSA) is 61.5 Å². The lowest BCUT2D eigenvalue weighted by molar-refractivity contribution is -0.118. The Labute approximate surface area is 177 Å². The van der Waals surface area contributed by atoms with Crippen LogP contribution in [0.25, 0.3) is 0 Å². The van der Waals surface area contributed by atoms with E-state index in [2.05, 4.69) is 33.1 Å². The van der Waals surface area contributed by atoms with Crippen LogP contribution >= 0.6 is 0 Å². The van der Waals surface area contributed by atoms with Crippen LogP contribution in [0.5, 0.6) is 5.75 Å². The number of benzene rings is 2. The van der Waals surface area contributed by atoms with Crippen molar-refractivity contribution in [3.05, 3.63) is 72.3 Å². The van der Waals surface area contributed by atoms with Crippen molar-refractivity contribution in [2.45, 2.75) is 32.7 Å². The smallest absolute Gasteiger partial charge is 0.227 e. The number of imidazole rings is 1. The number of carbonyl (C=O) groups excluding carboxylic acids is 1. The molecule has 0 unspecified atom stereocenters. The van der Waals surface area contributed by atoms with Crippen LogP contribution in [0.3, 0.4) is 0 Å². The predicted molar refractivity (Wildman–Crippen MR) is 119 cm³/mol. The minimum atomic E-state index is 0.131. The first kappa shape index (κ1) is 20.0. The summed E-state index contributed by atoms with van der Waals surface area (Å²) in [5, 5.41) is 0. The van der Waals surface area contributed by atoms with Gasteiger partial charge in [-0.15, -0.1) is 0 Å². The minimum Gasteiger partial charge on any atom is -0.494 e. The fraction of sp³-hybridized carbons (Fsp3) is 0.333. The first-order valence-corrected chi connectivity index (χ1v) is 10.6. The number of para-hydroxylation sites is 1. The van der Waals surface area contributed by atoms with Gasteiger partial charge >= 0.3 is 0 Å². The number of aromatic amines is 1. The molecule has 0 atom stereocenters. The molecular weight excluding hydrogens is 376 g/mol. The molecule has 1 amide bonds. The van der Waals surface area contributed by atoms with Crippen molar-refractivity contribution in [1.29, 1.82) is 0 Å². The van der Waals surface area contributed by atoms with Gasteiger partial charge in [-0.3, -0.25) is 4.79 Å². The van der Waals surface area contributed by atoms with Gasteiger partial charge in [0.05, 0.1) is 25.2 Å². The summed E-state index contributed by atoms with van der Waals surface area (Å²) in [6.45, 7) is 4.96. The number of fused-ring (bicyclic) bond motifs is 1. The third kappa shape index (κ3) is 4.64. The molecule has 2 aromatic carbocycles. The zero-order chi connectivity index (χ0) is 20.8. The van der Waals surface area contributed by atoms with Crippen LogP contribution < -0.4 is 14.5 Å². The van der Waals surface area contributed by atoms with Gasteiger partial charge in [0, 0.05) is 37.1 Å². The van der Waals surface area contributed by atoms with E-state index in [0.29, 0.717) is 26.0 Å². The molecule has 0 saturated carbocycles. The first-order chi connectivity index (χ1) is 14.7. The van der Waals surface area contributed by atoms with E-state index >= 15 is 0 Å². The molecule has 1 N–H and O–H groups in total. The molecule has 2 heterocycles. The highest BCUT2D eigenvalue weighted by Gasteiger charge is 2.22. The molecule has 1 aliphatic heterocycles. The fourth-order valence-electron chi connectivity index (χ4n) is 3.91. The molecule has 4 rings (SSSR count). The minimum absolute atomic E-state index is 0.131. The van der Waals surface area contributed by atoms with Gasteiger partial charge in [0.15, 0.2) is 0 Å². The quantitative estimate of drug-likeness (QED) is 0.544. The molecule has 3 aromatic rings. The third-order valence-corrected chi connectivity index (χ3v) is 5.44. The van der Waals surface area contributed by atoms with Gasteiger partial charge < -0.3 is 19.5 Å². The Hall–Kier alpha value is -3.28. The number of H-pyrrole nitrogens is 1. The van der Waals surface area contributed by atoms with Crippen LogP contribution in [0, 0.1) is 0 Å². The summed E-state index contributed by atoms with van der Waals surface area (Å²) in [6, 6.07) is 16.1. The maximum absolute atomic E-state index is 12.9. The zero-order valence-electron chi connectivity index (χ0n) is 17.4. The number of amides is 1. The zero-order valence-corrected chi connectivity index (χ0v) is 17.4. The highest BCUT2D eigenvalue weighted by molar-refractivity contribution is 5.94. The Morgan fingerprint density at radius 1 is 1.23 bits per heavy atom. The van der Waals surface area contributed by atoms with E-state index in [4.69, 9.17) is 4.74 Å². The molecule has 1 aliphatic rings. The lowest BCUT2D eigenvalue weighted by Gasteiger charge is -2.24. The summed E-state index contributed by atoms with van der Waals surface area (Å²) < 4.78 is 5.71. The number of hydrogen-bond acceptors (Lipinski definition) is 4. The first-order valence-electron chi connectivity index (χ1n) is 10.6. The SMILES string of the molecule is CCN(C(=O)CCCOc1ccccc1)c1ccc2c(c1)N(Cc1c[nH]cn1)CC2. The maximum Gasteiger partial charge on any atom is 0.227 e. The Balaban J connectivity index is 1.37. The second-order valence-electron chi connectivity index (χ2n) is 7.45. The molecule has 1 aromatic heterocycles.